The van der Waals surface area contributed by atoms with E-state index in [1.54, 1.807) is 0 Å². The van der Waals surface area contributed by atoms with Crippen molar-refractivity contribution in [2.24, 2.45) is 0 Å². The zero-order valence-electron chi connectivity index (χ0n) is 13.1. The lowest BCUT2D eigenvalue weighted by molar-refractivity contribution is -0.123. The summed E-state index contributed by atoms with van der Waals surface area (Å²) in [6.07, 6.45) is -0.123. The van der Waals surface area contributed by atoms with E-state index in [2.05, 4.69) is 10.6 Å². The Balaban J connectivity index is 1.95. The number of carbonyl (C=O) groups excluding carboxylic acids is 1. The lowest BCUT2D eigenvalue weighted by Gasteiger charge is -2.29. The van der Waals surface area contributed by atoms with E-state index in [4.69, 9.17) is 9.47 Å². The normalized spacial score (nSPS) is 22.7. The van der Waals surface area contributed by atoms with Crippen molar-refractivity contribution in [3.63, 3.8) is 0 Å². The lowest BCUT2D eigenvalue weighted by atomic mass is 10.1. The molecular weight excluding hydrogens is 268 g/mol. The molecule has 1 aliphatic heterocycles. The van der Waals surface area contributed by atoms with E-state index in [1.165, 1.54) is 0 Å². The predicted octanol–water partition coefficient (Wildman–Crippen LogP) is 2.18. The molecule has 0 spiro atoms. The average Bonchev–Trinajstić information content (AvgIpc) is 2.40. The number of carbonyl (C=O) groups is 1. The summed E-state index contributed by atoms with van der Waals surface area (Å²) in [6, 6.07) is 7.08. The Hall–Kier alpha value is -1.59. The van der Waals surface area contributed by atoms with E-state index in [0.29, 0.717) is 13.2 Å². The number of benzene rings is 1. The first-order chi connectivity index (χ1) is 9.85. The second kappa shape index (κ2) is 6.45. The number of amides is 1. The zero-order valence-corrected chi connectivity index (χ0v) is 13.1. The molecule has 2 N–H and O–H groups in total. The third kappa shape index (κ3) is 4.72. The number of nitrogens with one attached hydrogen (secondary N) is 2. The molecule has 0 radical (unpaired) electrons. The van der Waals surface area contributed by atoms with Crippen LogP contribution in [0.5, 0.6) is 5.75 Å². The van der Waals surface area contributed by atoms with Crippen molar-refractivity contribution in [2.75, 3.05) is 18.5 Å². The van der Waals surface area contributed by atoms with Crippen LogP contribution in [0.3, 0.4) is 0 Å². The van der Waals surface area contributed by atoms with Crippen LogP contribution in [0.2, 0.25) is 0 Å². The molecular formula is C16H24N2O3. The van der Waals surface area contributed by atoms with E-state index >= 15 is 0 Å². The van der Waals surface area contributed by atoms with Crippen LogP contribution < -0.4 is 15.4 Å². The van der Waals surface area contributed by atoms with Gasteiger partial charge < -0.3 is 20.1 Å². The fourth-order valence-corrected chi connectivity index (χ4v) is 2.21. The molecule has 0 saturated carbocycles. The van der Waals surface area contributed by atoms with Crippen molar-refractivity contribution in [3.8, 4) is 5.75 Å². The fourth-order valence-electron chi connectivity index (χ4n) is 2.21. The van der Waals surface area contributed by atoms with Gasteiger partial charge >= 0.3 is 0 Å². The summed E-state index contributed by atoms with van der Waals surface area (Å²) >= 11 is 0. The number of ether oxygens (including phenoxy) is 2. The van der Waals surface area contributed by atoms with Crippen molar-refractivity contribution < 1.29 is 14.3 Å². The third-order valence-electron chi connectivity index (χ3n) is 3.14. The molecule has 0 aromatic heterocycles. The SMILES string of the molecule is C[C@H]1OCCN[C@@H]1C(=O)Nc1ccc(OC(C)(C)C)cc1. The topological polar surface area (TPSA) is 59.6 Å². The van der Waals surface area contributed by atoms with Crippen LogP contribution in [0, 0.1) is 0 Å². The van der Waals surface area contributed by atoms with Crippen LogP contribution in [0.15, 0.2) is 24.3 Å². The molecule has 1 fully saturated rings. The number of hydrogen-bond acceptors (Lipinski definition) is 4. The van der Waals surface area contributed by atoms with Gasteiger partial charge in [0.1, 0.15) is 17.4 Å². The maximum Gasteiger partial charge on any atom is 0.244 e. The van der Waals surface area contributed by atoms with Crippen LogP contribution in [0.1, 0.15) is 27.7 Å². The van der Waals surface area contributed by atoms with Gasteiger partial charge in [0, 0.05) is 12.2 Å². The summed E-state index contributed by atoms with van der Waals surface area (Å²) in [6.45, 7) is 9.23. The van der Waals surface area contributed by atoms with Crippen LogP contribution in [-0.2, 0) is 9.53 Å². The number of rotatable bonds is 3. The second-order valence-electron chi connectivity index (χ2n) is 6.24. The highest BCUT2D eigenvalue weighted by atomic mass is 16.5. The van der Waals surface area contributed by atoms with Crippen molar-refractivity contribution in [1.29, 1.82) is 0 Å². The summed E-state index contributed by atoms with van der Waals surface area (Å²) < 4.78 is 11.2. The standard InChI is InChI=1S/C16H24N2O3/c1-11-14(17-9-10-20-11)15(19)18-12-5-7-13(8-6-12)21-16(2,3)4/h5-8,11,14,17H,9-10H2,1-4H3,(H,18,19)/t11-,14+/m1/s1. The number of morpholine rings is 1. The first-order valence-corrected chi connectivity index (χ1v) is 7.30. The summed E-state index contributed by atoms with van der Waals surface area (Å²) in [5.74, 6) is 0.708. The summed E-state index contributed by atoms with van der Waals surface area (Å²) in [5, 5.41) is 6.06. The highest BCUT2D eigenvalue weighted by Gasteiger charge is 2.28. The maximum absolute atomic E-state index is 12.2. The van der Waals surface area contributed by atoms with E-state index in [0.717, 1.165) is 11.4 Å². The summed E-state index contributed by atoms with van der Waals surface area (Å²) in [7, 11) is 0. The molecule has 2 atom stereocenters. The molecule has 0 unspecified atom stereocenters. The molecule has 1 amide bonds. The average molecular weight is 292 g/mol. The van der Waals surface area contributed by atoms with Gasteiger partial charge in [-0.15, -0.1) is 0 Å². The van der Waals surface area contributed by atoms with E-state index in [1.807, 2.05) is 52.0 Å². The van der Waals surface area contributed by atoms with Crippen LogP contribution in [-0.4, -0.2) is 36.8 Å². The second-order valence-corrected chi connectivity index (χ2v) is 6.24. The van der Waals surface area contributed by atoms with Crippen molar-refractivity contribution in [2.45, 2.75) is 45.4 Å². The minimum atomic E-state index is -0.316. The van der Waals surface area contributed by atoms with E-state index < -0.39 is 0 Å². The molecule has 1 aliphatic rings. The van der Waals surface area contributed by atoms with Gasteiger partial charge in [-0.25, -0.2) is 0 Å². The van der Waals surface area contributed by atoms with Crippen molar-refractivity contribution >= 4 is 11.6 Å². The van der Waals surface area contributed by atoms with E-state index in [-0.39, 0.29) is 23.7 Å². The zero-order chi connectivity index (χ0) is 15.5. The molecule has 0 aliphatic carbocycles. The summed E-state index contributed by atoms with van der Waals surface area (Å²) in [5.41, 5.74) is 0.518. The Morgan fingerprint density at radius 2 is 2.00 bits per heavy atom. The molecule has 0 bridgehead atoms. The molecule has 1 heterocycles. The smallest absolute Gasteiger partial charge is 0.244 e. The quantitative estimate of drug-likeness (QED) is 0.896. The van der Waals surface area contributed by atoms with Gasteiger partial charge in [0.25, 0.3) is 0 Å². The van der Waals surface area contributed by atoms with Gasteiger partial charge in [0.2, 0.25) is 5.91 Å². The Kier molecular flexibility index (Phi) is 4.85. The maximum atomic E-state index is 12.2. The molecule has 116 valence electrons. The Morgan fingerprint density at radius 1 is 1.33 bits per heavy atom. The Bertz CT molecular complexity index is 479. The van der Waals surface area contributed by atoms with Gasteiger partial charge in [-0.05, 0) is 52.0 Å². The largest absolute Gasteiger partial charge is 0.488 e. The highest BCUT2D eigenvalue weighted by molar-refractivity contribution is 5.95. The van der Waals surface area contributed by atoms with Crippen LogP contribution >= 0.6 is 0 Å². The fraction of sp³-hybridized carbons (Fsp3) is 0.562. The van der Waals surface area contributed by atoms with Gasteiger partial charge in [-0.2, -0.15) is 0 Å². The van der Waals surface area contributed by atoms with Gasteiger partial charge in [0.05, 0.1) is 12.7 Å². The molecule has 5 heteroatoms. The molecule has 5 nitrogen and oxygen atoms in total. The monoisotopic (exact) mass is 292 g/mol. The number of hydrogen-bond donors (Lipinski definition) is 2. The van der Waals surface area contributed by atoms with Crippen LogP contribution in [0.25, 0.3) is 0 Å². The molecule has 21 heavy (non-hydrogen) atoms. The van der Waals surface area contributed by atoms with Gasteiger partial charge in [-0.3, -0.25) is 4.79 Å². The van der Waals surface area contributed by atoms with Gasteiger partial charge in [0.15, 0.2) is 0 Å². The minimum absolute atomic E-state index is 0.0771. The molecule has 2 rings (SSSR count). The summed E-state index contributed by atoms with van der Waals surface area (Å²) in [4.78, 5) is 12.2. The third-order valence-corrected chi connectivity index (χ3v) is 3.14. The predicted molar refractivity (Wildman–Crippen MR) is 82.7 cm³/mol. The lowest BCUT2D eigenvalue weighted by Crippen LogP contribution is -2.53. The van der Waals surface area contributed by atoms with Crippen molar-refractivity contribution in [1.82, 2.24) is 5.32 Å². The molecule has 1 aromatic carbocycles. The highest BCUT2D eigenvalue weighted by Crippen LogP contribution is 2.20. The van der Waals surface area contributed by atoms with Crippen molar-refractivity contribution in [3.05, 3.63) is 24.3 Å². The Morgan fingerprint density at radius 3 is 2.57 bits per heavy atom. The van der Waals surface area contributed by atoms with Crippen LogP contribution in [0.4, 0.5) is 5.69 Å². The molecule has 1 saturated heterocycles. The first-order valence-electron chi connectivity index (χ1n) is 7.30. The Labute approximate surface area is 126 Å². The first kappa shape index (κ1) is 15.8. The number of anilines is 1. The minimum Gasteiger partial charge on any atom is -0.488 e. The van der Waals surface area contributed by atoms with Gasteiger partial charge in [-0.1, -0.05) is 0 Å². The van der Waals surface area contributed by atoms with E-state index in [9.17, 15) is 4.79 Å². The molecule has 1 aromatic rings.